The minimum Gasteiger partial charge on any atom is -0.364 e. The first-order chi connectivity index (χ1) is 13.6. The molecule has 1 aromatic carbocycles. The molecule has 0 spiro atoms. The summed E-state index contributed by atoms with van der Waals surface area (Å²) in [5, 5.41) is 2.94. The lowest BCUT2D eigenvalue weighted by atomic mass is 10.1. The van der Waals surface area contributed by atoms with E-state index in [1.807, 2.05) is 0 Å². The third kappa shape index (κ3) is 5.78. The summed E-state index contributed by atoms with van der Waals surface area (Å²) in [5.41, 5.74) is 3.11. The molecular formula is C19H18ClFN4O3S. The Morgan fingerprint density at radius 3 is 2.62 bits per heavy atom. The van der Waals surface area contributed by atoms with Crippen LogP contribution in [0.4, 0.5) is 15.8 Å². The van der Waals surface area contributed by atoms with Crippen molar-refractivity contribution in [2.24, 2.45) is 0 Å². The van der Waals surface area contributed by atoms with Gasteiger partial charge in [-0.25, -0.2) is 12.8 Å². The maximum absolute atomic E-state index is 13.2. The minimum atomic E-state index is -3.48. The van der Waals surface area contributed by atoms with Crippen LogP contribution in [0.1, 0.15) is 27.3 Å². The zero-order chi connectivity index (χ0) is 21.2. The number of benzene rings is 1. The van der Waals surface area contributed by atoms with E-state index in [0.717, 1.165) is 23.7 Å². The van der Waals surface area contributed by atoms with Gasteiger partial charge >= 0.3 is 0 Å². The number of aromatic nitrogens is 2. The van der Waals surface area contributed by atoms with Crippen LogP contribution >= 0.6 is 11.6 Å². The van der Waals surface area contributed by atoms with Gasteiger partial charge in [-0.15, -0.1) is 0 Å². The van der Waals surface area contributed by atoms with E-state index in [4.69, 9.17) is 11.6 Å². The lowest BCUT2D eigenvalue weighted by Gasteiger charge is -2.09. The van der Waals surface area contributed by atoms with E-state index in [1.165, 1.54) is 24.3 Å². The molecule has 0 aliphatic carbocycles. The fourth-order valence-electron chi connectivity index (χ4n) is 2.75. The van der Waals surface area contributed by atoms with Crippen molar-refractivity contribution in [3.63, 3.8) is 0 Å². The van der Waals surface area contributed by atoms with Gasteiger partial charge in [0.2, 0.25) is 10.0 Å². The highest BCUT2D eigenvalue weighted by Gasteiger charge is 2.12. The van der Waals surface area contributed by atoms with Gasteiger partial charge in [-0.1, -0.05) is 11.6 Å². The van der Waals surface area contributed by atoms with E-state index in [9.17, 15) is 17.6 Å². The van der Waals surface area contributed by atoms with Crippen molar-refractivity contribution in [3.8, 4) is 0 Å². The van der Waals surface area contributed by atoms with Crippen molar-refractivity contribution < 1.29 is 17.6 Å². The lowest BCUT2D eigenvalue weighted by molar-refractivity contribution is 0.102. The molecule has 0 radical (unpaired) electrons. The highest BCUT2D eigenvalue weighted by molar-refractivity contribution is 7.92. The quantitative estimate of drug-likeness (QED) is 0.547. The maximum Gasteiger partial charge on any atom is 0.257 e. The molecule has 0 fully saturated rings. The average Bonchev–Trinajstić information content (AvgIpc) is 3.04. The molecule has 10 heteroatoms. The van der Waals surface area contributed by atoms with Gasteiger partial charge in [0.05, 0.1) is 23.7 Å². The summed E-state index contributed by atoms with van der Waals surface area (Å²) < 4.78 is 38.3. The number of H-pyrrole nitrogens is 1. The van der Waals surface area contributed by atoms with E-state index >= 15 is 0 Å². The molecule has 152 valence electrons. The molecule has 1 amide bonds. The van der Waals surface area contributed by atoms with E-state index < -0.39 is 21.7 Å². The monoisotopic (exact) mass is 436 g/mol. The average molecular weight is 437 g/mol. The molecule has 0 aliphatic heterocycles. The molecule has 0 atom stereocenters. The van der Waals surface area contributed by atoms with Crippen LogP contribution < -0.4 is 10.0 Å². The predicted octanol–water partition coefficient (Wildman–Crippen LogP) is 3.73. The Bertz CT molecular complexity index is 1180. The number of amides is 1. The second-order valence-corrected chi connectivity index (χ2v) is 8.75. The standard InChI is InChI=1S/C19H18ClFN4O3S/c1-11-3-14(21)10-23-18(11)8-15-4-12(9-22-15)19(26)24-16-5-13(20)6-17(7-16)25-29(2,27)28/h3-7,9-10,22,25H,8H2,1-2H3,(H,24,26). The first-order valence-corrected chi connectivity index (χ1v) is 10.7. The molecule has 0 saturated carbocycles. The van der Waals surface area contributed by atoms with Gasteiger partial charge in [-0.3, -0.25) is 14.5 Å². The Balaban J connectivity index is 1.73. The second-order valence-electron chi connectivity index (χ2n) is 6.56. The number of anilines is 2. The molecule has 0 bridgehead atoms. The molecule has 3 N–H and O–H groups in total. The van der Waals surface area contributed by atoms with Gasteiger partial charge < -0.3 is 10.3 Å². The zero-order valence-electron chi connectivity index (χ0n) is 15.6. The Hall–Kier alpha value is -2.91. The van der Waals surface area contributed by atoms with Crippen LogP contribution in [0.25, 0.3) is 0 Å². The number of hydrogen-bond acceptors (Lipinski definition) is 4. The molecule has 2 aromatic heterocycles. The van der Waals surface area contributed by atoms with Crippen LogP contribution in [-0.4, -0.2) is 30.5 Å². The van der Waals surface area contributed by atoms with Crippen molar-refractivity contribution in [2.75, 3.05) is 16.3 Å². The van der Waals surface area contributed by atoms with E-state index in [2.05, 4.69) is 20.0 Å². The Kier molecular flexibility index (Phi) is 5.90. The number of pyridine rings is 1. The van der Waals surface area contributed by atoms with Crippen molar-refractivity contribution in [2.45, 2.75) is 13.3 Å². The Labute approximate surface area is 172 Å². The zero-order valence-corrected chi connectivity index (χ0v) is 17.2. The summed E-state index contributed by atoms with van der Waals surface area (Å²) in [4.78, 5) is 19.6. The number of hydrogen-bond donors (Lipinski definition) is 3. The van der Waals surface area contributed by atoms with Crippen molar-refractivity contribution in [3.05, 3.63) is 76.1 Å². The number of rotatable bonds is 6. The number of aromatic amines is 1. The molecule has 3 aromatic rings. The molecule has 7 nitrogen and oxygen atoms in total. The number of nitrogens with one attached hydrogen (secondary N) is 3. The van der Waals surface area contributed by atoms with Crippen molar-refractivity contribution >= 4 is 38.9 Å². The number of sulfonamides is 1. The largest absolute Gasteiger partial charge is 0.364 e. The molecule has 0 aliphatic rings. The van der Waals surface area contributed by atoms with Gasteiger partial charge in [0, 0.05) is 34.7 Å². The summed E-state index contributed by atoms with van der Waals surface area (Å²) in [6, 6.07) is 7.47. The van der Waals surface area contributed by atoms with Crippen LogP contribution in [0.15, 0.2) is 42.7 Å². The lowest BCUT2D eigenvalue weighted by Crippen LogP contribution is -2.13. The van der Waals surface area contributed by atoms with Crippen LogP contribution in [0.3, 0.4) is 0 Å². The fourth-order valence-corrected chi connectivity index (χ4v) is 3.53. The minimum absolute atomic E-state index is 0.239. The summed E-state index contributed by atoms with van der Waals surface area (Å²) in [6.45, 7) is 1.77. The summed E-state index contributed by atoms with van der Waals surface area (Å²) >= 11 is 6.00. The van der Waals surface area contributed by atoms with Gasteiger partial charge in [-0.2, -0.15) is 0 Å². The number of carbonyl (C=O) groups excluding carboxylic acids is 1. The smallest absolute Gasteiger partial charge is 0.257 e. The van der Waals surface area contributed by atoms with Gasteiger partial charge in [0.1, 0.15) is 5.82 Å². The summed E-state index contributed by atoms with van der Waals surface area (Å²) in [6.07, 6.45) is 4.13. The van der Waals surface area contributed by atoms with Gasteiger partial charge in [0.25, 0.3) is 5.91 Å². The third-order valence-corrected chi connectivity index (χ3v) is 4.80. The second kappa shape index (κ2) is 8.22. The van der Waals surface area contributed by atoms with E-state index in [0.29, 0.717) is 23.4 Å². The predicted molar refractivity (Wildman–Crippen MR) is 110 cm³/mol. The molecule has 3 rings (SSSR count). The highest BCUT2D eigenvalue weighted by Crippen LogP contribution is 2.24. The maximum atomic E-state index is 13.2. The molecule has 0 unspecified atom stereocenters. The number of carbonyl (C=O) groups is 1. The highest BCUT2D eigenvalue weighted by atomic mass is 35.5. The van der Waals surface area contributed by atoms with Crippen LogP contribution in [0.5, 0.6) is 0 Å². The fraction of sp³-hybridized carbons (Fsp3) is 0.158. The van der Waals surface area contributed by atoms with Crippen LogP contribution in [0.2, 0.25) is 5.02 Å². The first kappa shape index (κ1) is 20.8. The van der Waals surface area contributed by atoms with Crippen molar-refractivity contribution in [1.29, 1.82) is 0 Å². The Morgan fingerprint density at radius 2 is 1.93 bits per heavy atom. The number of aryl methyl sites for hydroxylation is 1. The van der Waals surface area contributed by atoms with E-state index in [1.54, 1.807) is 19.2 Å². The normalized spacial score (nSPS) is 11.3. The van der Waals surface area contributed by atoms with Crippen LogP contribution in [-0.2, 0) is 16.4 Å². The summed E-state index contributed by atoms with van der Waals surface area (Å²) in [7, 11) is -3.48. The number of halogens is 2. The van der Waals surface area contributed by atoms with E-state index in [-0.39, 0.29) is 10.7 Å². The van der Waals surface area contributed by atoms with Crippen LogP contribution in [0, 0.1) is 12.7 Å². The Morgan fingerprint density at radius 1 is 1.21 bits per heavy atom. The number of nitrogens with zero attached hydrogens (tertiary/aromatic N) is 1. The van der Waals surface area contributed by atoms with Crippen molar-refractivity contribution in [1.82, 2.24) is 9.97 Å². The SMILES string of the molecule is Cc1cc(F)cnc1Cc1cc(C(=O)Nc2cc(Cl)cc(NS(C)(=O)=O)c2)c[nH]1. The molecule has 0 saturated heterocycles. The molecule has 2 heterocycles. The van der Waals surface area contributed by atoms with Gasteiger partial charge in [-0.05, 0) is 42.8 Å². The topological polar surface area (TPSA) is 104 Å². The molecular weight excluding hydrogens is 419 g/mol. The summed E-state index contributed by atoms with van der Waals surface area (Å²) in [5.74, 6) is -0.798. The third-order valence-electron chi connectivity index (χ3n) is 3.98. The first-order valence-electron chi connectivity index (χ1n) is 8.47. The molecule has 29 heavy (non-hydrogen) atoms. The van der Waals surface area contributed by atoms with Gasteiger partial charge in [0.15, 0.2) is 0 Å².